The van der Waals surface area contributed by atoms with E-state index in [-0.39, 0.29) is 11.0 Å². The van der Waals surface area contributed by atoms with E-state index in [4.69, 9.17) is 5.26 Å². The standard InChI is InChI=1S/C13H21N3O/c1-5-9-16-12(17)10(7-6-8-14)11(15-16)13(2,3)4/h15H,5-7,9H2,1-4H3. The highest BCUT2D eigenvalue weighted by Crippen LogP contribution is 2.23. The van der Waals surface area contributed by atoms with Crippen molar-refractivity contribution in [2.75, 3.05) is 0 Å². The van der Waals surface area contributed by atoms with Crippen molar-refractivity contribution in [3.05, 3.63) is 21.6 Å². The smallest absolute Gasteiger partial charge is 0.269 e. The third-order valence-corrected chi connectivity index (χ3v) is 2.74. The Hall–Kier alpha value is -1.50. The molecule has 0 aliphatic rings. The van der Waals surface area contributed by atoms with E-state index in [1.54, 1.807) is 4.68 Å². The largest absolute Gasteiger partial charge is 0.299 e. The van der Waals surface area contributed by atoms with Crippen LogP contribution in [0.1, 0.15) is 51.8 Å². The second-order valence-electron chi connectivity index (χ2n) is 5.33. The number of H-pyrrole nitrogens is 1. The summed E-state index contributed by atoms with van der Waals surface area (Å²) < 4.78 is 1.66. The molecule has 4 nitrogen and oxygen atoms in total. The summed E-state index contributed by atoms with van der Waals surface area (Å²) in [4.78, 5) is 12.2. The van der Waals surface area contributed by atoms with Crippen LogP contribution in [0.25, 0.3) is 0 Å². The molecule has 4 heteroatoms. The van der Waals surface area contributed by atoms with Crippen LogP contribution in [-0.4, -0.2) is 9.78 Å². The molecule has 0 fully saturated rings. The highest BCUT2D eigenvalue weighted by molar-refractivity contribution is 5.25. The average molecular weight is 235 g/mol. The lowest BCUT2D eigenvalue weighted by atomic mass is 9.88. The van der Waals surface area contributed by atoms with E-state index >= 15 is 0 Å². The fourth-order valence-corrected chi connectivity index (χ4v) is 1.94. The molecule has 1 rings (SSSR count). The number of nitrogens with one attached hydrogen (secondary N) is 1. The van der Waals surface area contributed by atoms with Gasteiger partial charge in [0.25, 0.3) is 5.56 Å². The topological polar surface area (TPSA) is 61.6 Å². The summed E-state index contributed by atoms with van der Waals surface area (Å²) in [6.07, 6.45) is 1.85. The molecule has 0 saturated heterocycles. The van der Waals surface area contributed by atoms with E-state index in [9.17, 15) is 4.79 Å². The lowest BCUT2D eigenvalue weighted by Gasteiger charge is -2.18. The van der Waals surface area contributed by atoms with Gasteiger partial charge in [-0.25, -0.2) is 0 Å². The molecule has 17 heavy (non-hydrogen) atoms. The normalized spacial score (nSPS) is 11.5. The van der Waals surface area contributed by atoms with Gasteiger partial charge in [-0.15, -0.1) is 0 Å². The summed E-state index contributed by atoms with van der Waals surface area (Å²) in [5.41, 5.74) is 1.67. The monoisotopic (exact) mass is 235 g/mol. The average Bonchev–Trinajstić information content (AvgIpc) is 2.54. The number of aromatic nitrogens is 2. The predicted octanol–water partition coefficient (Wildman–Crippen LogP) is 2.34. The number of nitrogens with zero attached hydrogens (tertiary/aromatic N) is 2. The molecule has 1 heterocycles. The molecule has 0 saturated carbocycles. The van der Waals surface area contributed by atoms with Gasteiger partial charge >= 0.3 is 0 Å². The Balaban J connectivity index is 3.23. The molecule has 1 aromatic rings. The van der Waals surface area contributed by atoms with Crippen molar-refractivity contribution in [3.8, 4) is 6.07 Å². The van der Waals surface area contributed by atoms with Gasteiger partial charge in [0.2, 0.25) is 0 Å². The zero-order valence-electron chi connectivity index (χ0n) is 11.1. The lowest BCUT2D eigenvalue weighted by molar-refractivity contribution is 0.522. The van der Waals surface area contributed by atoms with Gasteiger partial charge in [0, 0.05) is 29.6 Å². The number of rotatable bonds is 4. The molecule has 1 aromatic heterocycles. The first-order valence-corrected chi connectivity index (χ1v) is 6.11. The van der Waals surface area contributed by atoms with Crippen LogP contribution in [-0.2, 0) is 18.4 Å². The molecule has 0 unspecified atom stereocenters. The summed E-state index contributed by atoms with van der Waals surface area (Å²) in [7, 11) is 0. The quantitative estimate of drug-likeness (QED) is 0.870. The first-order chi connectivity index (χ1) is 7.91. The van der Waals surface area contributed by atoms with Gasteiger partial charge in [0.05, 0.1) is 6.07 Å². The number of hydrogen-bond donors (Lipinski definition) is 1. The van der Waals surface area contributed by atoms with Crippen LogP contribution in [0.2, 0.25) is 0 Å². The van der Waals surface area contributed by atoms with Crippen molar-refractivity contribution in [2.24, 2.45) is 0 Å². The molecule has 1 N–H and O–H groups in total. The molecular weight excluding hydrogens is 214 g/mol. The minimum absolute atomic E-state index is 0.0343. The molecule has 94 valence electrons. The summed E-state index contributed by atoms with van der Waals surface area (Å²) in [6.45, 7) is 8.97. The SMILES string of the molecule is CCCn1[nH]c(C(C)(C)C)c(CCC#N)c1=O. The van der Waals surface area contributed by atoms with Gasteiger partial charge < -0.3 is 0 Å². The number of hydrogen-bond acceptors (Lipinski definition) is 2. The zero-order chi connectivity index (χ0) is 13.1. The summed E-state index contributed by atoms with van der Waals surface area (Å²) in [5.74, 6) is 0. The molecule has 0 spiro atoms. The highest BCUT2D eigenvalue weighted by atomic mass is 16.1. The van der Waals surface area contributed by atoms with E-state index < -0.39 is 0 Å². The maximum absolute atomic E-state index is 12.2. The first-order valence-electron chi connectivity index (χ1n) is 6.11. The highest BCUT2D eigenvalue weighted by Gasteiger charge is 2.23. The molecule has 0 amide bonds. The van der Waals surface area contributed by atoms with Gasteiger partial charge in [-0.2, -0.15) is 5.26 Å². The molecule has 0 aliphatic heterocycles. The third-order valence-electron chi connectivity index (χ3n) is 2.74. The van der Waals surface area contributed by atoms with Crippen molar-refractivity contribution in [2.45, 2.75) is 58.9 Å². The van der Waals surface area contributed by atoms with E-state index in [0.717, 1.165) is 17.7 Å². The van der Waals surface area contributed by atoms with Crippen LogP contribution in [0.4, 0.5) is 0 Å². The summed E-state index contributed by atoms with van der Waals surface area (Å²) in [5, 5.41) is 11.8. The van der Waals surface area contributed by atoms with Crippen LogP contribution in [0, 0.1) is 11.3 Å². The van der Waals surface area contributed by atoms with Crippen molar-refractivity contribution in [3.63, 3.8) is 0 Å². The molecule has 0 aliphatic carbocycles. The summed E-state index contributed by atoms with van der Waals surface area (Å²) >= 11 is 0. The van der Waals surface area contributed by atoms with Crippen LogP contribution in [0.3, 0.4) is 0 Å². The second kappa shape index (κ2) is 5.22. The Morgan fingerprint density at radius 2 is 2.06 bits per heavy atom. The maximum Gasteiger partial charge on any atom is 0.269 e. The van der Waals surface area contributed by atoms with Gasteiger partial charge in [0.1, 0.15) is 0 Å². The van der Waals surface area contributed by atoms with Crippen molar-refractivity contribution >= 4 is 0 Å². The molecule has 0 atom stereocenters. The number of aromatic amines is 1. The Kier molecular flexibility index (Phi) is 4.17. The molecule has 0 aromatic carbocycles. The zero-order valence-corrected chi connectivity index (χ0v) is 11.1. The molecule has 0 bridgehead atoms. The minimum Gasteiger partial charge on any atom is -0.299 e. The van der Waals surface area contributed by atoms with Crippen molar-refractivity contribution in [1.82, 2.24) is 9.78 Å². The summed E-state index contributed by atoms with van der Waals surface area (Å²) in [6, 6.07) is 2.10. The van der Waals surface area contributed by atoms with Crippen molar-refractivity contribution < 1.29 is 0 Å². The Bertz CT molecular complexity index is 468. The fraction of sp³-hybridized carbons (Fsp3) is 0.692. The van der Waals surface area contributed by atoms with E-state index in [0.29, 0.717) is 19.4 Å². The number of aryl methyl sites for hydroxylation is 1. The van der Waals surface area contributed by atoms with Gasteiger partial charge in [-0.1, -0.05) is 27.7 Å². The Morgan fingerprint density at radius 3 is 2.53 bits per heavy atom. The van der Waals surface area contributed by atoms with Gasteiger partial charge in [-0.05, 0) is 12.8 Å². The first kappa shape index (κ1) is 13.6. The minimum atomic E-state index is -0.0943. The number of nitriles is 1. The van der Waals surface area contributed by atoms with Crippen LogP contribution in [0.5, 0.6) is 0 Å². The maximum atomic E-state index is 12.2. The predicted molar refractivity (Wildman–Crippen MR) is 68.0 cm³/mol. The van der Waals surface area contributed by atoms with Crippen LogP contribution in [0.15, 0.2) is 4.79 Å². The van der Waals surface area contributed by atoms with Crippen molar-refractivity contribution in [1.29, 1.82) is 5.26 Å². The van der Waals surface area contributed by atoms with Crippen LogP contribution < -0.4 is 5.56 Å². The molecular formula is C13H21N3O. The molecule has 0 radical (unpaired) electrons. The van der Waals surface area contributed by atoms with Crippen LogP contribution >= 0.6 is 0 Å². The van der Waals surface area contributed by atoms with Gasteiger partial charge in [0.15, 0.2) is 0 Å². The van der Waals surface area contributed by atoms with E-state index in [1.165, 1.54) is 0 Å². The van der Waals surface area contributed by atoms with Gasteiger partial charge in [-0.3, -0.25) is 14.6 Å². The second-order valence-corrected chi connectivity index (χ2v) is 5.33. The fourth-order valence-electron chi connectivity index (χ4n) is 1.94. The van der Waals surface area contributed by atoms with E-state index in [2.05, 4.69) is 31.9 Å². The Labute approximate surface area is 102 Å². The van der Waals surface area contributed by atoms with E-state index in [1.807, 2.05) is 6.92 Å². The Morgan fingerprint density at radius 1 is 1.41 bits per heavy atom. The third kappa shape index (κ3) is 3.00. The lowest BCUT2D eigenvalue weighted by Crippen LogP contribution is -2.19.